The molecule has 0 unspecified atom stereocenters. The second-order valence-corrected chi connectivity index (χ2v) is 9.55. The van der Waals surface area contributed by atoms with Gasteiger partial charge in [0.2, 0.25) is 5.95 Å². The molecule has 186 valence electrons. The number of fused-ring (bicyclic) bond motifs is 1. The number of nitrogens with one attached hydrogen (secondary N) is 1. The first-order valence-corrected chi connectivity index (χ1v) is 12.5. The first kappa shape index (κ1) is 22.9. The Labute approximate surface area is 209 Å². The molecule has 0 saturated carbocycles. The largest absolute Gasteiger partial charge is 0.382 e. The molecule has 0 bridgehead atoms. The van der Waals surface area contributed by atoms with E-state index in [1.807, 2.05) is 18.2 Å². The van der Waals surface area contributed by atoms with Crippen LogP contribution < -0.4 is 16.0 Å². The minimum absolute atomic E-state index is 0.0298. The molecule has 3 aliphatic heterocycles. The summed E-state index contributed by atoms with van der Waals surface area (Å²) in [6.07, 6.45) is 1.93. The van der Waals surface area contributed by atoms with Gasteiger partial charge in [0.1, 0.15) is 11.4 Å². The van der Waals surface area contributed by atoms with Gasteiger partial charge in [-0.3, -0.25) is 9.69 Å². The molecule has 2 fully saturated rings. The van der Waals surface area contributed by atoms with E-state index in [1.165, 1.54) is 6.42 Å². The average molecular weight is 489 g/mol. The Kier molecular flexibility index (Phi) is 6.02. The molecule has 8 nitrogen and oxygen atoms in total. The molecular formula is C27H29FN6O2. The van der Waals surface area contributed by atoms with Gasteiger partial charge in [0.25, 0.3) is 5.91 Å². The van der Waals surface area contributed by atoms with Crippen LogP contribution in [0.2, 0.25) is 0 Å². The van der Waals surface area contributed by atoms with Gasteiger partial charge in [0, 0.05) is 48.6 Å². The Morgan fingerprint density at radius 1 is 1.00 bits per heavy atom. The van der Waals surface area contributed by atoms with E-state index in [2.05, 4.69) is 31.2 Å². The highest BCUT2D eigenvalue weighted by Crippen LogP contribution is 2.33. The molecule has 0 spiro atoms. The number of aromatic nitrogens is 2. The number of halogens is 1. The van der Waals surface area contributed by atoms with Crippen molar-refractivity contribution >= 4 is 17.4 Å². The Morgan fingerprint density at radius 3 is 2.56 bits per heavy atom. The summed E-state index contributed by atoms with van der Waals surface area (Å²) >= 11 is 0. The van der Waals surface area contributed by atoms with E-state index >= 15 is 4.39 Å². The van der Waals surface area contributed by atoms with E-state index in [0.29, 0.717) is 36.6 Å². The summed E-state index contributed by atoms with van der Waals surface area (Å²) in [6, 6.07) is 11.5. The van der Waals surface area contributed by atoms with E-state index in [9.17, 15) is 4.79 Å². The Balaban J connectivity index is 1.39. The highest BCUT2D eigenvalue weighted by Gasteiger charge is 2.23. The fourth-order valence-electron chi connectivity index (χ4n) is 5.15. The summed E-state index contributed by atoms with van der Waals surface area (Å²) in [5, 5.41) is 2.85. The number of morpholine rings is 1. The molecule has 1 aromatic heterocycles. The summed E-state index contributed by atoms with van der Waals surface area (Å²) in [7, 11) is 0. The Bertz CT molecular complexity index is 1320. The smallest absolute Gasteiger partial charge is 0.251 e. The molecule has 2 aromatic carbocycles. The second-order valence-electron chi connectivity index (χ2n) is 9.55. The highest BCUT2D eigenvalue weighted by atomic mass is 19.1. The van der Waals surface area contributed by atoms with Crippen LogP contribution in [0.15, 0.2) is 36.4 Å². The fraction of sp³-hybridized carbons (Fsp3) is 0.370. The van der Waals surface area contributed by atoms with Gasteiger partial charge in [0.15, 0.2) is 5.82 Å². The summed E-state index contributed by atoms with van der Waals surface area (Å²) in [5.74, 6) is -0.749. The minimum atomic E-state index is -0.692. The molecule has 3 aromatic rings. The number of ether oxygens (including phenoxy) is 1. The normalized spacial score (nSPS) is 17.9. The lowest BCUT2D eigenvalue weighted by Crippen LogP contribution is -2.39. The molecule has 3 aliphatic rings. The monoisotopic (exact) mass is 488 g/mol. The van der Waals surface area contributed by atoms with Gasteiger partial charge in [-0.15, -0.1) is 0 Å². The van der Waals surface area contributed by atoms with Gasteiger partial charge in [-0.1, -0.05) is 12.1 Å². The molecule has 2 saturated heterocycles. The summed E-state index contributed by atoms with van der Waals surface area (Å²) in [5.41, 5.74) is 12.0. The topological polar surface area (TPSA) is 96.6 Å². The van der Waals surface area contributed by atoms with E-state index in [1.54, 1.807) is 12.1 Å². The van der Waals surface area contributed by atoms with Crippen LogP contribution in [0.3, 0.4) is 0 Å². The van der Waals surface area contributed by atoms with Crippen LogP contribution in [-0.2, 0) is 17.7 Å². The van der Waals surface area contributed by atoms with Crippen molar-refractivity contribution < 1.29 is 13.9 Å². The van der Waals surface area contributed by atoms with E-state index < -0.39 is 5.95 Å². The molecule has 1 amide bonds. The van der Waals surface area contributed by atoms with Crippen molar-refractivity contribution in [3.8, 4) is 22.5 Å². The van der Waals surface area contributed by atoms with Gasteiger partial charge in [-0.2, -0.15) is 9.37 Å². The van der Waals surface area contributed by atoms with Crippen LogP contribution in [0.4, 0.5) is 15.9 Å². The van der Waals surface area contributed by atoms with Crippen LogP contribution in [-0.4, -0.2) is 66.7 Å². The molecule has 9 heteroatoms. The quantitative estimate of drug-likeness (QED) is 0.570. The maximum atomic E-state index is 15.1. The number of carbonyl (C=O) groups excluding carboxylic acids is 1. The van der Waals surface area contributed by atoms with Crippen molar-refractivity contribution in [3.05, 3.63) is 59.0 Å². The summed E-state index contributed by atoms with van der Waals surface area (Å²) in [4.78, 5) is 25.5. The van der Waals surface area contributed by atoms with Gasteiger partial charge in [-0.05, 0) is 61.3 Å². The molecule has 0 atom stereocenters. The number of amides is 1. The van der Waals surface area contributed by atoms with Crippen molar-refractivity contribution in [1.82, 2.24) is 20.2 Å². The second kappa shape index (κ2) is 9.48. The van der Waals surface area contributed by atoms with Crippen molar-refractivity contribution in [1.29, 1.82) is 0 Å². The lowest BCUT2D eigenvalue weighted by molar-refractivity contribution is 0.0946. The van der Waals surface area contributed by atoms with Gasteiger partial charge < -0.3 is 20.7 Å². The lowest BCUT2D eigenvalue weighted by atomic mass is 9.96. The first-order valence-electron chi connectivity index (χ1n) is 12.5. The predicted molar refractivity (Wildman–Crippen MR) is 136 cm³/mol. The number of hydrogen-bond donors (Lipinski definition) is 2. The lowest BCUT2D eigenvalue weighted by Gasteiger charge is -2.35. The molecule has 0 radical (unpaired) electrons. The number of hydrogen-bond acceptors (Lipinski definition) is 7. The van der Waals surface area contributed by atoms with Gasteiger partial charge in [-0.25, -0.2) is 4.98 Å². The zero-order valence-corrected chi connectivity index (χ0v) is 20.1. The van der Waals surface area contributed by atoms with Crippen LogP contribution in [0.1, 0.15) is 27.9 Å². The van der Waals surface area contributed by atoms with Crippen molar-refractivity contribution in [2.75, 3.05) is 56.6 Å². The number of likely N-dealkylation sites (tertiary alicyclic amines) is 1. The number of benzene rings is 2. The molecule has 0 aliphatic carbocycles. The number of nitrogens with two attached hydrogens (primary N) is 1. The fourth-order valence-corrected chi connectivity index (χ4v) is 5.15. The Morgan fingerprint density at radius 2 is 1.78 bits per heavy atom. The molecule has 6 rings (SSSR count). The molecule has 36 heavy (non-hydrogen) atoms. The number of carbonyl (C=O) groups is 1. The van der Waals surface area contributed by atoms with Crippen LogP contribution >= 0.6 is 0 Å². The van der Waals surface area contributed by atoms with E-state index in [4.69, 9.17) is 10.5 Å². The third-order valence-electron chi connectivity index (χ3n) is 7.23. The maximum absolute atomic E-state index is 15.1. The van der Waals surface area contributed by atoms with Gasteiger partial charge >= 0.3 is 0 Å². The van der Waals surface area contributed by atoms with Gasteiger partial charge in [0.05, 0.1) is 13.2 Å². The summed E-state index contributed by atoms with van der Waals surface area (Å²) < 4.78 is 20.7. The predicted octanol–water partition coefficient (Wildman–Crippen LogP) is 2.86. The molecule has 4 heterocycles. The van der Waals surface area contributed by atoms with Crippen LogP contribution in [0, 0.1) is 5.95 Å². The van der Waals surface area contributed by atoms with Crippen LogP contribution in [0.25, 0.3) is 22.5 Å². The molecule has 3 N–H and O–H groups in total. The zero-order chi connectivity index (χ0) is 24.6. The number of nitrogens with zero attached hydrogens (tertiary/aromatic N) is 4. The maximum Gasteiger partial charge on any atom is 0.251 e. The van der Waals surface area contributed by atoms with Crippen LogP contribution in [0.5, 0.6) is 0 Å². The standard InChI is InChI=1S/C27H29FN6O2/c28-25-23(31-24(26(29)32-25)19-2-4-21-17(14-19)6-7-30-27(21)35)18-3-5-22(34-10-12-36-13-11-34)20(15-18)16-33-8-1-9-33/h2-5,14-15H,1,6-13,16H2,(H2,29,32)(H,30,35). The first-order chi connectivity index (χ1) is 17.6. The SMILES string of the molecule is Nc1nc(F)c(-c2ccc(N3CCOCC3)c(CN3CCC3)c2)nc1-c1ccc2c(c1)CCNC2=O. The van der Waals surface area contributed by atoms with E-state index in [0.717, 1.165) is 61.5 Å². The molecular weight excluding hydrogens is 459 g/mol. The third kappa shape index (κ3) is 4.29. The Hall–Kier alpha value is -3.56. The number of anilines is 2. The zero-order valence-electron chi connectivity index (χ0n) is 20.1. The van der Waals surface area contributed by atoms with Crippen molar-refractivity contribution in [3.63, 3.8) is 0 Å². The van der Waals surface area contributed by atoms with E-state index in [-0.39, 0.29) is 17.4 Å². The van der Waals surface area contributed by atoms with Crippen molar-refractivity contribution in [2.45, 2.75) is 19.4 Å². The summed E-state index contributed by atoms with van der Waals surface area (Å²) in [6.45, 7) is 6.62. The number of rotatable bonds is 5. The third-order valence-corrected chi connectivity index (χ3v) is 7.23. The minimum Gasteiger partial charge on any atom is -0.382 e. The van der Waals surface area contributed by atoms with Crippen molar-refractivity contribution in [2.24, 2.45) is 0 Å². The number of nitrogen functional groups attached to an aromatic ring is 1. The average Bonchev–Trinajstić information content (AvgIpc) is 2.87. The highest BCUT2D eigenvalue weighted by molar-refractivity contribution is 5.97.